The first-order chi connectivity index (χ1) is 11.7. The normalized spacial score (nSPS) is 18.2. The van der Waals surface area contributed by atoms with Crippen LogP contribution in [0.2, 0.25) is 0 Å². The van der Waals surface area contributed by atoms with Crippen molar-refractivity contribution in [1.29, 1.82) is 0 Å². The minimum Gasteiger partial charge on any atom is -0.337 e. The molecule has 0 aromatic carbocycles. The van der Waals surface area contributed by atoms with Crippen molar-refractivity contribution in [2.45, 2.75) is 32.0 Å². The Morgan fingerprint density at radius 3 is 2.92 bits per heavy atom. The molecule has 0 radical (unpaired) electrons. The van der Waals surface area contributed by atoms with Gasteiger partial charge < -0.3 is 9.80 Å². The Labute approximate surface area is 138 Å². The van der Waals surface area contributed by atoms with E-state index in [0.717, 1.165) is 18.7 Å². The number of hydrogen-bond acceptors (Lipinski definition) is 5. The Balaban J connectivity index is 1.29. The molecule has 2 aromatic rings. The van der Waals surface area contributed by atoms with E-state index < -0.39 is 0 Å². The zero-order chi connectivity index (χ0) is 16.5. The van der Waals surface area contributed by atoms with Crippen LogP contribution in [0.15, 0.2) is 24.7 Å². The van der Waals surface area contributed by atoms with Crippen molar-refractivity contribution >= 4 is 11.8 Å². The maximum Gasteiger partial charge on any atom is 0.244 e. The van der Waals surface area contributed by atoms with E-state index in [2.05, 4.69) is 15.4 Å². The lowest BCUT2D eigenvalue weighted by molar-refractivity contribution is -0.138. The lowest BCUT2D eigenvalue weighted by Gasteiger charge is -2.38. The molecule has 2 aliphatic heterocycles. The van der Waals surface area contributed by atoms with Gasteiger partial charge in [0.05, 0.1) is 18.8 Å². The Kier molecular flexibility index (Phi) is 3.75. The van der Waals surface area contributed by atoms with E-state index in [4.69, 9.17) is 0 Å². The molecule has 4 rings (SSSR count). The van der Waals surface area contributed by atoms with Crippen molar-refractivity contribution in [3.63, 3.8) is 0 Å². The van der Waals surface area contributed by atoms with Crippen LogP contribution in [0.3, 0.4) is 0 Å². The first-order valence-electron chi connectivity index (χ1n) is 8.13. The largest absolute Gasteiger partial charge is 0.337 e. The summed E-state index contributed by atoms with van der Waals surface area (Å²) >= 11 is 0. The van der Waals surface area contributed by atoms with Crippen LogP contribution < -0.4 is 0 Å². The molecule has 126 valence electrons. The molecule has 0 bridgehead atoms. The zero-order valence-electron chi connectivity index (χ0n) is 13.3. The predicted molar refractivity (Wildman–Crippen MR) is 82.5 cm³/mol. The van der Waals surface area contributed by atoms with Crippen molar-refractivity contribution in [1.82, 2.24) is 34.6 Å². The Morgan fingerprint density at radius 1 is 1.33 bits per heavy atom. The van der Waals surface area contributed by atoms with Gasteiger partial charge in [-0.05, 0) is 12.5 Å². The quantitative estimate of drug-likeness (QED) is 0.750. The summed E-state index contributed by atoms with van der Waals surface area (Å²) in [4.78, 5) is 27.4. The molecule has 9 nitrogen and oxygen atoms in total. The minimum absolute atomic E-state index is 0.0537. The number of aromatic nitrogens is 5. The SMILES string of the molecule is O=C1CCCN1Cc1cn(C2CN(C(=O)Cn3cccn3)C2)nn1. The number of likely N-dealkylation sites (tertiary alicyclic amines) is 2. The fourth-order valence-electron chi connectivity index (χ4n) is 3.09. The van der Waals surface area contributed by atoms with Crippen LogP contribution in [0.5, 0.6) is 0 Å². The molecule has 9 heteroatoms. The second-order valence-electron chi connectivity index (χ2n) is 6.26. The average Bonchev–Trinajstić information content (AvgIpc) is 3.23. The highest BCUT2D eigenvalue weighted by molar-refractivity contribution is 5.78. The maximum atomic E-state index is 12.1. The fourth-order valence-corrected chi connectivity index (χ4v) is 3.09. The van der Waals surface area contributed by atoms with Gasteiger partial charge in [0.25, 0.3) is 0 Å². The summed E-state index contributed by atoms with van der Waals surface area (Å²) in [7, 11) is 0. The van der Waals surface area contributed by atoms with Gasteiger partial charge in [-0.3, -0.25) is 14.3 Å². The van der Waals surface area contributed by atoms with Crippen LogP contribution in [0.4, 0.5) is 0 Å². The topological polar surface area (TPSA) is 89.2 Å². The Morgan fingerprint density at radius 2 is 2.21 bits per heavy atom. The van der Waals surface area contributed by atoms with Crippen molar-refractivity contribution in [3.05, 3.63) is 30.4 Å². The first-order valence-corrected chi connectivity index (χ1v) is 8.13. The third kappa shape index (κ3) is 2.89. The Bertz CT molecular complexity index is 733. The number of nitrogens with zero attached hydrogens (tertiary/aromatic N) is 7. The van der Waals surface area contributed by atoms with Crippen LogP contribution in [0.1, 0.15) is 24.6 Å². The molecule has 2 aliphatic rings. The van der Waals surface area contributed by atoms with Crippen molar-refractivity contribution in [2.75, 3.05) is 19.6 Å². The van der Waals surface area contributed by atoms with Crippen molar-refractivity contribution in [3.8, 4) is 0 Å². The third-order valence-corrected chi connectivity index (χ3v) is 4.53. The van der Waals surface area contributed by atoms with Gasteiger partial charge in [0, 0.05) is 38.4 Å². The molecule has 4 heterocycles. The first kappa shape index (κ1) is 14.9. The predicted octanol–water partition coefficient (Wildman–Crippen LogP) is -0.320. The molecule has 0 N–H and O–H groups in total. The lowest BCUT2D eigenvalue weighted by Crippen LogP contribution is -2.51. The van der Waals surface area contributed by atoms with Gasteiger partial charge in [-0.1, -0.05) is 5.21 Å². The van der Waals surface area contributed by atoms with Crippen molar-refractivity contribution < 1.29 is 9.59 Å². The van der Waals surface area contributed by atoms with E-state index in [1.807, 2.05) is 11.1 Å². The maximum absolute atomic E-state index is 12.1. The van der Waals surface area contributed by atoms with Crippen LogP contribution in [0, 0.1) is 0 Å². The van der Waals surface area contributed by atoms with Gasteiger partial charge in [0.1, 0.15) is 12.2 Å². The van der Waals surface area contributed by atoms with E-state index in [1.54, 1.807) is 32.7 Å². The molecule has 0 aliphatic carbocycles. The highest BCUT2D eigenvalue weighted by Gasteiger charge is 2.33. The smallest absolute Gasteiger partial charge is 0.244 e. The van der Waals surface area contributed by atoms with Gasteiger partial charge in [0.15, 0.2) is 0 Å². The van der Waals surface area contributed by atoms with Crippen LogP contribution in [0.25, 0.3) is 0 Å². The molecule has 2 aromatic heterocycles. The third-order valence-electron chi connectivity index (χ3n) is 4.53. The van der Waals surface area contributed by atoms with Crippen LogP contribution in [-0.2, 0) is 22.7 Å². The summed E-state index contributed by atoms with van der Waals surface area (Å²) in [5, 5.41) is 12.3. The van der Waals surface area contributed by atoms with E-state index >= 15 is 0 Å². The van der Waals surface area contributed by atoms with Crippen LogP contribution in [-0.4, -0.2) is 66.0 Å². The van der Waals surface area contributed by atoms with Gasteiger partial charge in [-0.15, -0.1) is 5.10 Å². The molecule has 0 saturated carbocycles. The number of amides is 2. The molecular formula is C15H19N7O2. The molecule has 0 unspecified atom stereocenters. The molecular weight excluding hydrogens is 310 g/mol. The molecule has 0 atom stereocenters. The summed E-state index contributed by atoms with van der Waals surface area (Å²) in [6, 6.07) is 1.95. The van der Waals surface area contributed by atoms with Gasteiger partial charge in [-0.2, -0.15) is 5.10 Å². The molecule has 0 spiro atoms. The summed E-state index contributed by atoms with van der Waals surface area (Å²) in [6.45, 7) is 2.84. The van der Waals surface area contributed by atoms with Crippen molar-refractivity contribution in [2.24, 2.45) is 0 Å². The van der Waals surface area contributed by atoms with E-state index in [1.165, 1.54) is 0 Å². The molecule has 2 amide bonds. The summed E-state index contributed by atoms with van der Waals surface area (Å²) in [5.74, 6) is 0.238. The second-order valence-corrected chi connectivity index (χ2v) is 6.26. The fraction of sp³-hybridized carbons (Fsp3) is 0.533. The number of carbonyl (C=O) groups excluding carboxylic acids is 2. The van der Waals surface area contributed by atoms with Gasteiger partial charge in [0.2, 0.25) is 11.8 Å². The van der Waals surface area contributed by atoms with E-state index in [-0.39, 0.29) is 24.4 Å². The zero-order valence-corrected chi connectivity index (χ0v) is 13.3. The lowest BCUT2D eigenvalue weighted by atomic mass is 10.1. The van der Waals surface area contributed by atoms with E-state index in [0.29, 0.717) is 26.1 Å². The molecule has 2 saturated heterocycles. The van der Waals surface area contributed by atoms with Crippen LogP contribution >= 0.6 is 0 Å². The summed E-state index contributed by atoms with van der Waals surface area (Å²) in [5.41, 5.74) is 0.798. The van der Waals surface area contributed by atoms with Gasteiger partial charge >= 0.3 is 0 Å². The monoisotopic (exact) mass is 329 g/mol. The standard InChI is InChI=1S/C15H19N7O2/c23-14-3-1-5-19(14)7-12-8-22(18-17-12)13-9-20(10-13)15(24)11-21-6-2-4-16-21/h2,4,6,8,13H,1,3,5,7,9-11H2. The molecule has 24 heavy (non-hydrogen) atoms. The summed E-state index contributed by atoms with van der Waals surface area (Å²) < 4.78 is 3.42. The highest BCUT2D eigenvalue weighted by atomic mass is 16.2. The number of carbonyl (C=O) groups is 2. The molecule has 2 fully saturated rings. The number of rotatable bonds is 5. The minimum atomic E-state index is 0.0537. The number of hydrogen-bond donors (Lipinski definition) is 0. The van der Waals surface area contributed by atoms with E-state index in [9.17, 15) is 9.59 Å². The Hall–Kier alpha value is -2.71. The summed E-state index contributed by atoms with van der Waals surface area (Å²) in [6.07, 6.45) is 6.87. The van der Waals surface area contributed by atoms with Gasteiger partial charge in [-0.25, -0.2) is 4.68 Å². The second kappa shape index (κ2) is 6.06. The average molecular weight is 329 g/mol. The highest BCUT2D eigenvalue weighted by Crippen LogP contribution is 2.21.